The van der Waals surface area contributed by atoms with Gasteiger partial charge in [0.05, 0.1) is 5.41 Å². The van der Waals surface area contributed by atoms with Gasteiger partial charge >= 0.3 is 6.03 Å². The molecule has 1 rings (SSSR count). The van der Waals surface area contributed by atoms with Crippen LogP contribution in [0.25, 0.3) is 0 Å². The molecule has 5 heteroatoms. The number of hydrogen-bond acceptors (Lipinski definition) is 3. The van der Waals surface area contributed by atoms with E-state index in [2.05, 4.69) is 5.32 Å². The Kier molecular flexibility index (Phi) is 2.87. The number of primary amides is 1. The van der Waals surface area contributed by atoms with Crippen LogP contribution in [0.3, 0.4) is 0 Å². The van der Waals surface area contributed by atoms with Crippen LogP contribution in [0.4, 0.5) is 4.79 Å². The SMILES string of the molecule is NCC1(C(=O)NC(N)=O)CCCC1. The van der Waals surface area contributed by atoms with Gasteiger partial charge in [-0.25, -0.2) is 4.79 Å². The average Bonchev–Trinajstić information content (AvgIpc) is 2.51. The van der Waals surface area contributed by atoms with E-state index in [1.165, 1.54) is 0 Å². The van der Waals surface area contributed by atoms with Gasteiger partial charge in [0.1, 0.15) is 0 Å². The molecule has 1 saturated carbocycles. The maximum atomic E-state index is 11.5. The lowest BCUT2D eigenvalue weighted by molar-refractivity contribution is -0.129. The van der Waals surface area contributed by atoms with Crippen molar-refractivity contribution in [3.63, 3.8) is 0 Å². The van der Waals surface area contributed by atoms with Crippen LogP contribution >= 0.6 is 0 Å². The summed E-state index contributed by atoms with van der Waals surface area (Å²) in [5.41, 5.74) is 9.85. The van der Waals surface area contributed by atoms with Gasteiger partial charge in [0.2, 0.25) is 5.91 Å². The molecule has 3 amide bonds. The summed E-state index contributed by atoms with van der Waals surface area (Å²) in [6, 6.07) is -0.801. The average molecular weight is 185 g/mol. The number of carbonyl (C=O) groups excluding carboxylic acids is 2. The van der Waals surface area contributed by atoms with E-state index < -0.39 is 11.4 Å². The summed E-state index contributed by atoms with van der Waals surface area (Å²) < 4.78 is 0. The molecule has 0 saturated heterocycles. The first-order valence-corrected chi connectivity index (χ1v) is 4.42. The molecule has 0 aromatic heterocycles. The lowest BCUT2D eigenvalue weighted by atomic mass is 9.85. The highest BCUT2D eigenvalue weighted by atomic mass is 16.2. The van der Waals surface area contributed by atoms with Gasteiger partial charge < -0.3 is 11.5 Å². The van der Waals surface area contributed by atoms with Crippen LogP contribution < -0.4 is 16.8 Å². The zero-order chi connectivity index (χ0) is 9.90. The Bertz CT molecular complexity index is 221. The Morgan fingerprint density at radius 2 is 1.85 bits per heavy atom. The van der Waals surface area contributed by atoms with Crippen molar-refractivity contribution < 1.29 is 9.59 Å². The zero-order valence-corrected chi connectivity index (χ0v) is 7.51. The fraction of sp³-hybridized carbons (Fsp3) is 0.750. The second-order valence-corrected chi connectivity index (χ2v) is 3.51. The lowest BCUT2D eigenvalue weighted by Gasteiger charge is -2.24. The summed E-state index contributed by atoms with van der Waals surface area (Å²) >= 11 is 0. The van der Waals surface area contributed by atoms with E-state index in [-0.39, 0.29) is 12.5 Å². The summed E-state index contributed by atoms with van der Waals surface area (Å²) in [6.07, 6.45) is 3.48. The first-order chi connectivity index (χ1) is 6.10. The van der Waals surface area contributed by atoms with Crippen molar-refractivity contribution in [3.8, 4) is 0 Å². The highest BCUT2D eigenvalue weighted by Gasteiger charge is 2.40. The van der Waals surface area contributed by atoms with Gasteiger partial charge in [-0.05, 0) is 12.8 Å². The molecule has 0 bridgehead atoms. The highest BCUT2D eigenvalue weighted by molar-refractivity contribution is 5.96. The molecule has 0 heterocycles. The highest BCUT2D eigenvalue weighted by Crippen LogP contribution is 2.37. The molecule has 0 aliphatic heterocycles. The van der Waals surface area contributed by atoms with Crippen LogP contribution in [0.5, 0.6) is 0 Å². The Morgan fingerprint density at radius 3 is 2.23 bits per heavy atom. The second kappa shape index (κ2) is 3.74. The molecule has 0 spiro atoms. The van der Waals surface area contributed by atoms with Crippen molar-refractivity contribution in [1.29, 1.82) is 0 Å². The number of nitrogens with two attached hydrogens (primary N) is 2. The fourth-order valence-corrected chi connectivity index (χ4v) is 1.82. The Morgan fingerprint density at radius 1 is 1.31 bits per heavy atom. The molecular formula is C8H15N3O2. The van der Waals surface area contributed by atoms with Crippen molar-refractivity contribution >= 4 is 11.9 Å². The summed E-state index contributed by atoms with van der Waals surface area (Å²) in [4.78, 5) is 22.0. The van der Waals surface area contributed by atoms with E-state index in [0.717, 1.165) is 25.7 Å². The second-order valence-electron chi connectivity index (χ2n) is 3.51. The van der Waals surface area contributed by atoms with Crippen molar-refractivity contribution in [2.45, 2.75) is 25.7 Å². The Hall–Kier alpha value is -1.10. The third-order valence-corrected chi connectivity index (χ3v) is 2.67. The van der Waals surface area contributed by atoms with Gasteiger partial charge in [-0.2, -0.15) is 0 Å². The smallest absolute Gasteiger partial charge is 0.318 e. The molecule has 1 aliphatic carbocycles. The first-order valence-electron chi connectivity index (χ1n) is 4.42. The first kappa shape index (κ1) is 9.98. The molecule has 1 fully saturated rings. The van der Waals surface area contributed by atoms with E-state index in [1.807, 2.05) is 0 Å². The van der Waals surface area contributed by atoms with Gasteiger partial charge in [-0.1, -0.05) is 12.8 Å². The third kappa shape index (κ3) is 1.98. The van der Waals surface area contributed by atoms with Gasteiger partial charge in [0.25, 0.3) is 0 Å². The van der Waals surface area contributed by atoms with E-state index >= 15 is 0 Å². The lowest BCUT2D eigenvalue weighted by Crippen LogP contribution is -2.48. The van der Waals surface area contributed by atoms with Gasteiger partial charge in [0.15, 0.2) is 0 Å². The molecule has 74 valence electrons. The van der Waals surface area contributed by atoms with Crippen molar-refractivity contribution in [2.24, 2.45) is 16.9 Å². The summed E-state index contributed by atoms with van der Waals surface area (Å²) in [6.45, 7) is 0.284. The molecule has 1 aliphatic rings. The zero-order valence-electron chi connectivity index (χ0n) is 7.51. The van der Waals surface area contributed by atoms with Crippen LogP contribution in [0, 0.1) is 5.41 Å². The van der Waals surface area contributed by atoms with Crippen LogP contribution in [0.15, 0.2) is 0 Å². The van der Waals surface area contributed by atoms with Gasteiger partial charge in [-0.3, -0.25) is 10.1 Å². The molecule has 0 atom stereocenters. The standard InChI is InChI=1S/C8H15N3O2/c9-5-8(3-1-2-4-8)6(12)11-7(10)13/h1-5,9H2,(H3,10,11,12,13). The number of rotatable bonds is 2. The minimum Gasteiger partial charge on any atom is -0.351 e. The maximum Gasteiger partial charge on any atom is 0.318 e. The fourth-order valence-electron chi connectivity index (χ4n) is 1.82. The minimum atomic E-state index is -0.801. The van der Waals surface area contributed by atoms with E-state index in [9.17, 15) is 9.59 Å². The maximum absolute atomic E-state index is 11.5. The third-order valence-electron chi connectivity index (χ3n) is 2.67. The van der Waals surface area contributed by atoms with Gasteiger partial charge in [-0.15, -0.1) is 0 Å². The molecule has 5 nitrogen and oxygen atoms in total. The van der Waals surface area contributed by atoms with Gasteiger partial charge in [0, 0.05) is 6.54 Å². The molecular weight excluding hydrogens is 170 g/mol. The predicted molar refractivity (Wildman–Crippen MR) is 47.7 cm³/mol. The number of imide groups is 1. The minimum absolute atomic E-state index is 0.284. The monoisotopic (exact) mass is 185 g/mol. The number of amides is 3. The normalized spacial score (nSPS) is 19.8. The summed E-state index contributed by atoms with van der Waals surface area (Å²) in [7, 11) is 0. The molecule has 0 aromatic rings. The number of urea groups is 1. The van der Waals surface area contributed by atoms with E-state index in [1.54, 1.807) is 0 Å². The van der Waals surface area contributed by atoms with Crippen LogP contribution in [0.2, 0.25) is 0 Å². The van der Waals surface area contributed by atoms with E-state index in [4.69, 9.17) is 11.5 Å². The topological polar surface area (TPSA) is 98.2 Å². The van der Waals surface area contributed by atoms with Crippen molar-refractivity contribution in [3.05, 3.63) is 0 Å². The molecule has 5 N–H and O–H groups in total. The predicted octanol–water partition coefficient (Wildman–Crippen LogP) is -0.300. The quantitative estimate of drug-likeness (QED) is 0.550. The number of nitrogens with one attached hydrogen (secondary N) is 1. The molecule has 0 unspecified atom stereocenters. The van der Waals surface area contributed by atoms with Crippen molar-refractivity contribution in [2.75, 3.05) is 6.54 Å². The molecule has 0 radical (unpaired) electrons. The number of hydrogen-bond donors (Lipinski definition) is 3. The molecule has 13 heavy (non-hydrogen) atoms. The van der Waals surface area contributed by atoms with Crippen LogP contribution in [-0.4, -0.2) is 18.5 Å². The Labute approximate surface area is 76.8 Å². The van der Waals surface area contributed by atoms with Crippen molar-refractivity contribution in [1.82, 2.24) is 5.32 Å². The number of carbonyl (C=O) groups is 2. The molecule has 0 aromatic carbocycles. The summed E-state index contributed by atoms with van der Waals surface area (Å²) in [5, 5.41) is 2.10. The Balaban J connectivity index is 2.65. The van der Waals surface area contributed by atoms with Crippen LogP contribution in [0.1, 0.15) is 25.7 Å². The van der Waals surface area contributed by atoms with Crippen LogP contribution in [-0.2, 0) is 4.79 Å². The largest absolute Gasteiger partial charge is 0.351 e. The van der Waals surface area contributed by atoms with E-state index in [0.29, 0.717) is 0 Å². The summed E-state index contributed by atoms with van der Waals surface area (Å²) in [5.74, 6) is -0.319.